The molecule has 3 heterocycles. The van der Waals surface area contributed by atoms with Gasteiger partial charge in [0, 0.05) is 54.0 Å². The second kappa shape index (κ2) is 8.57. The zero-order valence-electron chi connectivity index (χ0n) is 17.0. The van der Waals surface area contributed by atoms with Gasteiger partial charge in [-0.3, -0.25) is 19.8 Å². The van der Waals surface area contributed by atoms with E-state index in [2.05, 4.69) is 55.2 Å². The minimum Gasteiger partial charge on any atom is -0.368 e. The number of piperazine rings is 1. The van der Waals surface area contributed by atoms with E-state index >= 15 is 0 Å². The summed E-state index contributed by atoms with van der Waals surface area (Å²) in [6.07, 6.45) is 3.44. The number of hydrogen-bond donors (Lipinski definition) is 2. The highest BCUT2D eigenvalue weighted by Crippen LogP contribution is 2.27. The molecule has 156 valence electrons. The molecule has 1 aromatic heterocycles. The molecular weight excluding hydrogens is 446 g/mol. The van der Waals surface area contributed by atoms with Crippen molar-refractivity contribution in [1.82, 2.24) is 15.2 Å². The number of rotatable bonds is 4. The molecule has 2 aliphatic heterocycles. The summed E-state index contributed by atoms with van der Waals surface area (Å²) >= 11 is 3.40. The molecule has 8 heteroatoms. The molecule has 2 aliphatic rings. The number of pyridine rings is 1. The Labute approximate surface area is 184 Å². The van der Waals surface area contributed by atoms with Gasteiger partial charge in [0.15, 0.2) is 0 Å². The Balaban J connectivity index is 1.47. The summed E-state index contributed by atoms with van der Waals surface area (Å²) < 4.78 is 0.801. The number of nitrogens with zero attached hydrogens (tertiary/aromatic N) is 3. The molecule has 2 aromatic rings. The second-order valence-corrected chi connectivity index (χ2v) is 8.61. The van der Waals surface area contributed by atoms with Gasteiger partial charge in [0.25, 0.3) is 11.8 Å². The maximum absolute atomic E-state index is 12.3. The number of anilines is 2. The van der Waals surface area contributed by atoms with Crippen molar-refractivity contribution >= 4 is 44.8 Å². The summed E-state index contributed by atoms with van der Waals surface area (Å²) in [5.74, 6) is -0.189. The zero-order valence-corrected chi connectivity index (χ0v) is 18.6. The molecule has 1 aromatic carbocycles. The molecule has 1 saturated heterocycles. The lowest BCUT2D eigenvalue weighted by Gasteiger charge is -2.38. The van der Waals surface area contributed by atoms with Gasteiger partial charge in [0.05, 0.1) is 17.5 Å². The third kappa shape index (κ3) is 4.24. The first-order valence-corrected chi connectivity index (χ1v) is 10.8. The molecule has 0 saturated carbocycles. The van der Waals surface area contributed by atoms with Gasteiger partial charge in [-0.1, -0.05) is 15.9 Å². The monoisotopic (exact) mass is 469 g/mol. The maximum Gasteiger partial charge on any atom is 0.260 e. The van der Waals surface area contributed by atoms with Crippen LogP contribution in [0.2, 0.25) is 0 Å². The lowest BCUT2D eigenvalue weighted by molar-refractivity contribution is -0.114. The molecule has 7 nitrogen and oxygen atoms in total. The SMILES string of the molecule is CC(C)N1CCN(c2ccc(N/C=C3\C(=O)NC(=O)c4ccc(Br)cc43)nc2)CC1. The fourth-order valence-corrected chi connectivity index (χ4v) is 4.10. The second-order valence-electron chi connectivity index (χ2n) is 7.69. The van der Waals surface area contributed by atoms with Crippen LogP contribution in [-0.4, -0.2) is 53.9 Å². The first kappa shape index (κ1) is 20.6. The van der Waals surface area contributed by atoms with Crippen LogP contribution >= 0.6 is 15.9 Å². The first-order valence-electron chi connectivity index (χ1n) is 10.00. The van der Waals surface area contributed by atoms with Gasteiger partial charge in [-0.25, -0.2) is 4.98 Å². The molecule has 0 aliphatic carbocycles. The Bertz CT molecular complexity index is 995. The van der Waals surface area contributed by atoms with Crippen LogP contribution in [0.4, 0.5) is 11.5 Å². The van der Waals surface area contributed by atoms with Gasteiger partial charge in [0.1, 0.15) is 5.82 Å². The Morgan fingerprint density at radius 3 is 2.50 bits per heavy atom. The summed E-state index contributed by atoms with van der Waals surface area (Å²) in [6.45, 7) is 8.52. The maximum atomic E-state index is 12.3. The predicted octanol–water partition coefficient (Wildman–Crippen LogP) is 3.10. The molecule has 0 atom stereocenters. The largest absolute Gasteiger partial charge is 0.368 e. The molecule has 30 heavy (non-hydrogen) atoms. The van der Waals surface area contributed by atoms with Crippen LogP contribution in [0.25, 0.3) is 5.57 Å². The standard InChI is InChI=1S/C22H24BrN5O2/c1-14(2)27-7-9-28(10-8-27)16-4-6-20(24-12-16)25-13-19-18-11-15(23)3-5-17(18)21(29)26-22(19)30/h3-6,11-14H,7-10H2,1-2H3,(H,24,25)(H,26,29,30)/b19-13-. The van der Waals surface area contributed by atoms with E-state index in [1.807, 2.05) is 18.3 Å². The van der Waals surface area contributed by atoms with E-state index in [0.29, 0.717) is 28.6 Å². The summed E-state index contributed by atoms with van der Waals surface area (Å²) in [6, 6.07) is 9.75. The summed E-state index contributed by atoms with van der Waals surface area (Å²) in [4.78, 5) is 33.7. The Morgan fingerprint density at radius 2 is 1.83 bits per heavy atom. The number of hydrogen-bond acceptors (Lipinski definition) is 6. The molecule has 1 fully saturated rings. The average Bonchev–Trinajstić information content (AvgIpc) is 2.74. The van der Waals surface area contributed by atoms with E-state index in [0.717, 1.165) is 36.3 Å². The number of carbonyl (C=O) groups excluding carboxylic acids is 2. The number of amides is 2. The van der Waals surface area contributed by atoms with Crippen molar-refractivity contribution < 1.29 is 9.59 Å². The van der Waals surface area contributed by atoms with E-state index in [9.17, 15) is 9.59 Å². The van der Waals surface area contributed by atoms with Crippen LogP contribution in [0.15, 0.2) is 47.2 Å². The molecule has 0 spiro atoms. The smallest absolute Gasteiger partial charge is 0.260 e. The minimum atomic E-state index is -0.433. The van der Waals surface area contributed by atoms with Crippen LogP contribution in [0.1, 0.15) is 29.8 Å². The lowest BCUT2D eigenvalue weighted by atomic mass is 9.96. The molecule has 4 rings (SSSR count). The van der Waals surface area contributed by atoms with Gasteiger partial charge in [0.2, 0.25) is 0 Å². The first-order chi connectivity index (χ1) is 14.4. The van der Waals surface area contributed by atoms with Crippen molar-refractivity contribution in [3.63, 3.8) is 0 Å². The number of benzene rings is 1. The number of nitrogens with one attached hydrogen (secondary N) is 2. The van der Waals surface area contributed by atoms with E-state index in [-0.39, 0.29) is 5.91 Å². The number of imide groups is 1. The van der Waals surface area contributed by atoms with E-state index in [4.69, 9.17) is 0 Å². The highest BCUT2D eigenvalue weighted by molar-refractivity contribution is 9.10. The van der Waals surface area contributed by atoms with Crippen molar-refractivity contribution in [3.8, 4) is 0 Å². The third-order valence-electron chi connectivity index (χ3n) is 5.51. The van der Waals surface area contributed by atoms with Gasteiger partial charge < -0.3 is 10.2 Å². The number of halogens is 1. The third-order valence-corrected chi connectivity index (χ3v) is 6.00. The molecule has 2 amide bonds. The predicted molar refractivity (Wildman–Crippen MR) is 121 cm³/mol. The van der Waals surface area contributed by atoms with Crippen molar-refractivity contribution in [1.29, 1.82) is 0 Å². The van der Waals surface area contributed by atoms with E-state index in [1.54, 1.807) is 24.4 Å². The normalized spacial score (nSPS) is 18.5. The van der Waals surface area contributed by atoms with Gasteiger partial charge in [-0.05, 0) is 44.2 Å². The molecule has 0 bridgehead atoms. The highest BCUT2D eigenvalue weighted by Gasteiger charge is 2.27. The minimum absolute atomic E-state index is 0.389. The van der Waals surface area contributed by atoms with Crippen LogP contribution < -0.4 is 15.5 Å². The van der Waals surface area contributed by atoms with Crippen LogP contribution in [0.3, 0.4) is 0 Å². The highest BCUT2D eigenvalue weighted by atomic mass is 79.9. The van der Waals surface area contributed by atoms with Crippen molar-refractivity contribution in [2.45, 2.75) is 19.9 Å². The Kier molecular flexibility index (Phi) is 5.87. The average molecular weight is 470 g/mol. The molecule has 0 unspecified atom stereocenters. The Morgan fingerprint density at radius 1 is 1.07 bits per heavy atom. The summed E-state index contributed by atoms with van der Waals surface area (Å²) in [7, 11) is 0. The molecule has 2 N–H and O–H groups in total. The lowest BCUT2D eigenvalue weighted by Crippen LogP contribution is -2.48. The molecule has 0 radical (unpaired) electrons. The van der Waals surface area contributed by atoms with Crippen LogP contribution in [0, 0.1) is 0 Å². The topological polar surface area (TPSA) is 77.6 Å². The van der Waals surface area contributed by atoms with Crippen LogP contribution in [-0.2, 0) is 4.79 Å². The zero-order chi connectivity index (χ0) is 21.3. The number of aromatic nitrogens is 1. The van der Waals surface area contributed by atoms with Gasteiger partial charge >= 0.3 is 0 Å². The molecular formula is C22H24BrN5O2. The van der Waals surface area contributed by atoms with E-state index < -0.39 is 5.91 Å². The quantitative estimate of drug-likeness (QED) is 0.529. The van der Waals surface area contributed by atoms with E-state index in [1.165, 1.54) is 0 Å². The van der Waals surface area contributed by atoms with Crippen molar-refractivity contribution in [2.75, 3.05) is 36.4 Å². The number of carbonyl (C=O) groups is 2. The fourth-order valence-electron chi connectivity index (χ4n) is 3.74. The van der Waals surface area contributed by atoms with Crippen molar-refractivity contribution in [2.24, 2.45) is 0 Å². The van der Waals surface area contributed by atoms with Gasteiger partial charge in [-0.2, -0.15) is 0 Å². The fraction of sp³-hybridized carbons (Fsp3) is 0.318. The van der Waals surface area contributed by atoms with Crippen LogP contribution in [0.5, 0.6) is 0 Å². The van der Waals surface area contributed by atoms with Gasteiger partial charge in [-0.15, -0.1) is 0 Å². The number of fused-ring (bicyclic) bond motifs is 1. The van der Waals surface area contributed by atoms with Crippen molar-refractivity contribution in [3.05, 3.63) is 58.3 Å². The summed E-state index contributed by atoms with van der Waals surface area (Å²) in [5, 5.41) is 5.46. The Hall–Kier alpha value is -2.71. The summed E-state index contributed by atoms with van der Waals surface area (Å²) in [5.41, 5.74) is 2.54.